The fourth-order valence-electron chi connectivity index (χ4n) is 3.70. The van der Waals surface area contributed by atoms with Crippen molar-refractivity contribution in [1.82, 2.24) is 14.5 Å². The third-order valence-corrected chi connectivity index (χ3v) is 8.61. The number of carbonyl (C=O) groups excluding carboxylic acids is 2. The summed E-state index contributed by atoms with van der Waals surface area (Å²) in [7, 11) is -3.87. The van der Waals surface area contributed by atoms with E-state index in [9.17, 15) is 18.0 Å². The molecule has 3 rings (SSSR count). The number of fused-ring (bicyclic) bond motifs is 1. The third kappa shape index (κ3) is 4.49. The smallest absolute Gasteiger partial charge is 0.250 e. The summed E-state index contributed by atoms with van der Waals surface area (Å²) in [4.78, 5) is 28.8. The van der Waals surface area contributed by atoms with E-state index in [0.29, 0.717) is 24.5 Å². The van der Waals surface area contributed by atoms with Gasteiger partial charge >= 0.3 is 0 Å². The van der Waals surface area contributed by atoms with Gasteiger partial charge in [0.2, 0.25) is 11.8 Å². The molecule has 164 valence electrons. The lowest BCUT2D eigenvalue weighted by Gasteiger charge is -2.32. The van der Waals surface area contributed by atoms with Gasteiger partial charge in [-0.15, -0.1) is 11.3 Å². The van der Waals surface area contributed by atoms with Gasteiger partial charge in [-0.3, -0.25) is 9.59 Å². The fourth-order valence-corrected chi connectivity index (χ4v) is 6.62. The monoisotopic (exact) mass is 471 g/mol. The molecule has 2 aromatic rings. The Kier molecular flexibility index (Phi) is 6.76. The highest BCUT2D eigenvalue weighted by Crippen LogP contribution is 2.31. The number of sulfonamides is 1. The highest BCUT2D eigenvalue weighted by Gasteiger charge is 2.40. The van der Waals surface area contributed by atoms with E-state index in [0.717, 1.165) is 21.4 Å². The molecule has 1 fully saturated rings. The van der Waals surface area contributed by atoms with Crippen molar-refractivity contribution in [2.75, 3.05) is 13.1 Å². The summed E-state index contributed by atoms with van der Waals surface area (Å²) in [5.74, 6) is -0.505. The van der Waals surface area contributed by atoms with Crippen LogP contribution in [0.4, 0.5) is 0 Å². The van der Waals surface area contributed by atoms with E-state index in [1.54, 1.807) is 36.1 Å². The van der Waals surface area contributed by atoms with E-state index < -0.39 is 22.1 Å². The molecule has 2 heterocycles. The number of hydrogen-bond donors (Lipinski definition) is 1. The zero-order valence-corrected chi connectivity index (χ0v) is 19.8. The molecular formula is C20H26ClN3O4S2. The van der Waals surface area contributed by atoms with Crippen LogP contribution in [-0.4, -0.2) is 61.2 Å². The van der Waals surface area contributed by atoms with Crippen molar-refractivity contribution in [2.24, 2.45) is 0 Å². The van der Waals surface area contributed by atoms with Crippen LogP contribution in [0.1, 0.15) is 34.1 Å². The first-order chi connectivity index (χ1) is 14.0. The minimum absolute atomic E-state index is 0.0263. The maximum absolute atomic E-state index is 12.9. The molecule has 2 amide bonds. The average Bonchev–Trinajstić information content (AvgIpc) is 3.25. The summed E-state index contributed by atoms with van der Waals surface area (Å²) in [6.07, 6.45) is 0.320. The van der Waals surface area contributed by atoms with E-state index in [4.69, 9.17) is 11.6 Å². The minimum atomic E-state index is -3.87. The largest absolute Gasteiger partial charge is 0.339 e. The topological polar surface area (TPSA) is 86.8 Å². The average molecular weight is 472 g/mol. The zero-order valence-electron chi connectivity index (χ0n) is 17.4. The Labute approximate surface area is 186 Å². The van der Waals surface area contributed by atoms with Crippen molar-refractivity contribution >= 4 is 54.9 Å². The van der Waals surface area contributed by atoms with Gasteiger partial charge in [0.1, 0.15) is 16.3 Å². The molecule has 0 spiro atoms. The van der Waals surface area contributed by atoms with Crippen LogP contribution in [-0.2, 0) is 19.6 Å². The zero-order chi connectivity index (χ0) is 22.2. The van der Waals surface area contributed by atoms with Gasteiger partial charge in [-0.25, -0.2) is 8.42 Å². The Hall–Kier alpha value is -1.68. The summed E-state index contributed by atoms with van der Waals surface area (Å²) in [5.41, 5.74) is 0. The van der Waals surface area contributed by atoms with Crippen LogP contribution < -0.4 is 4.72 Å². The first-order valence-electron chi connectivity index (χ1n) is 9.87. The lowest BCUT2D eigenvalue weighted by molar-refractivity contribution is -0.144. The Morgan fingerprint density at radius 1 is 1.33 bits per heavy atom. The minimum Gasteiger partial charge on any atom is -0.339 e. The molecule has 1 aliphatic rings. The number of nitrogens with one attached hydrogen (secondary N) is 1. The van der Waals surface area contributed by atoms with Gasteiger partial charge in [0.25, 0.3) is 10.0 Å². The van der Waals surface area contributed by atoms with Crippen molar-refractivity contribution in [2.45, 2.75) is 56.5 Å². The van der Waals surface area contributed by atoms with Crippen LogP contribution >= 0.6 is 22.9 Å². The van der Waals surface area contributed by atoms with Crippen LogP contribution in [0.2, 0.25) is 5.02 Å². The molecule has 1 saturated heterocycles. The quantitative estimate of drug-likeness (QED) is 0.672. The van der Waals surface area contributed by atoms with Gasteiger partial charge in [-0.2, -0.15) is 4.72 Å². The van der Waals surface area contributed by atoms with Crippen LogP contribution in [0.15, 0.2) is 28.5 Å². The normalized spacial score (nSPS) is 18.4. The first-order valence-corrected chi connectivity index (χ1v) is 12.5. The first kappa shape index (κ1) is 23.0. The van der Waals surface area contributed by atoms with E-state index in [1.807, 2.05) is 20.8 Å². The Morgan fingerprint density at radius 2 is 2.03 bits per heavy atom. The summed E-state index contributed by atoms with van der Waals surface area (Å²) in [6.45, 7) is 8.32. The van der Waals surface area contributed by atoms with Crippen LogP contribution in [0.25, 0.3) is 10.1 Å². The lowest BCUT2D eigenvalue weighted by Crippen LogP contribution is -2.51. The highest BCUT2D eigenvalue weighted by molar-refractivity contribution is 7.91. The molecule has 0 aliphatic carbocycles. The second-order valence-electron chi connectivity index (χ2n) is 7.64. The molecule has 0 bridgehead atoms. The lowest BCUT2D eigenvalue weighted by atomic mass is 10.2. The molecule has 1 aromatic heterocycles. The summed E-state index contributed by atoms with van der Waals surface area (Å²) in [5, 5.41) is 1.31. The van der Waals surface area contributed by atoms with Crippen molar-refractivity contribution in [1.29, 1.82) is 0 Å². The summed E-state index contributed by atoms with van der Waals surface area (Å²) >= 11 is 7.09. The number of rotatable bonds is 7. The summed E-state index contributed by atoms with van der Waals surface area (Å²) < 4.78 is 29.1. The molecule has 1 N–H and O–H groups in total. The number of thiophene rings is 1. The maximum Gasteiger partial charge on any atom is 0.250 e. The molecule has 1 aliphatic heterocycles. The molecule has 2 atom stereocenters. The highest BCUT2D eigenvalue weighted by atomic mass is 35.5. The van der Waals surface area contributed by atoms with E-state index >= 15 is 0 Å². The number of benzene rings is 1. The SMILES string of the molecule is CCN(C(=O)[C@H](C)N1CC[C@H](NS(=O)(=O)c2cc3ccc(Cl)cc3s2)C1=O)C(C)C. The van der Waals surface area contributed by atoms with Gasteiger partial charge in [-0.1, -0.05) is 17.7 Å². The number of amides is 2. The fraction of sp³-hybridized carbons (Fsp3) is 0.500. The number of likely N-dealkylation sites (N-methyl/N-ethyl adjacent to an activating group) is 1. The standard InChI is InChI=1S/C20H26ClN3O4S2/c1-5-23(12(2)3)19(25)13(4)24-9-8-16(20(24)26)22-30(27,28)18-10-14-6-7-15(21)11-17(14)29-18/h6-7,10-13,16,22H,5,8-9H2,1-4H3/t13-,16-/m0/s1. The molecule has 0 radical (unpaired) electrons. The molecular weight excluding hydrogens is 446 g/mol. The molecule has 10 heteroatoms. The number of hydrogen-bond acceptors (Lipinski definition) is 5. The van der Waals surface area contributed by atoms with E-state index in [-0.39, 0.29) is 22.1 Å². The predicted molar refractivity (Wildman–Crippen MR) is 119 cm³/mol. The van der Waals surface area contributed by atoms with Crippen LogP contribution in [0.3, 0.4) is 0 Å². The van der Waals surface area contributed by atoms with Gasteiger partial charge < -0.3 is 9.80 Å². The molecule has 0 unspecified atom stereocenters. The van der Waals surface area contributed by atoms with Crippen molar-refractivity contribution in [3.63, 3.8) is 0 Å². The second kappa shape index (κ2) is 8.82. The number of carbonyl (C=O) groups is 2. The summed E-state index contributed by atoms with van der Waals surface area (Å²) in [6, 6.07) is 5.26. The van der Waals surface area contributed by atoms with Crippen LogP contribution in [0.5, 0.6) is 0 Å². The number of halogens is 1. The Balaban J connectivity index is 1.74. The van der Waals surface area contributed by atoms with Crippen molar-refractivity contribution in [3.8, 4) is 0 Å². The van der Waals surface area contributed by atoms with Crippen molar-refractivity contribution < 1.29 is 18.0 Å². The molecule has 0 saturated carbocycles. The molecule has 7 nitrogen and oxygen atoms in total. The van der Waals surface area contributed by atoms with Gasteiger partial charge in [0, 0.05) is 28.9 Å². The van der Waals surface area contributed by atoms with Crippen LogP contribution in [0, 0.1) is 0 Å². The predicted octanol–water partition coefficient (Wildman–Crippen LogP) is 3.08. The van der Waals surface area contributed by atoms with Gasteiger partial charge in [0.05, 0.1) is 0 Å². The van der Waals surface area contributed by atoms with E-state index in [2.05, 4.69) is 4.72 Å². The van der Waals surface area contributed by atoms with Gasteiger partial charge in [0.15, 0.2) is 0 Å². The van der Waals surface area contributed by atoms with Crippen molar-refractivity contribution in [3.05, 3.63) is 29.3 Å². The maximum atomic E-state index is 12.9. The Morgan fingerprint density at radius 3 is 2.67 bits per heavy atom. The molecule has 1 aromatic carbocycles. The molecule has 30 heavy (non-hydrogen) atoms. The second-order valence-corrected chi connectivity index (χ2v) is 11.1. The van der Waals surface area contributed by atoms with Gasteiger partial charge in [-0.05, 0) is 57.7 Å². The Bertz CT molecular complexity index is 1070. The van der Waals surface area contributed by atoms with E-state index in [1.165, 1.54) is 4.90 Å². The number of nitrogens with zero attached hydrogens (tertiary/aromatic N) is 2. The third-order valence-electron chi connectivity index (χ3n) is 5.33. The number of likely N-dealkylation sites (tertiary alicyclic amines) is 1.